The molecule has 5 aliphatic carbocycles. The summed E-state index contributed by atoms with van der Waals surface area (Å²) in [5.74, 6) is -7.29. The second-order valence-electron chi connectivity index (χ2n) is 13.3. The predicted octanol–water partition coefficient (Wildman–Crippen LogP) is -0.0369. The van der Waals surface area contributed by atoms with Gasteiger partial charge in [-0.3, -0.25) is 24.0 Å². The molecule has 10 atom stereocenters. The van der Waals surface area contributed by atoms with Crippen LogP contribution in [0.25, 0.3) is 0 Å². The van der Waals surface area contributed by atoms with Gasteiger partial charge in [0.25, 0.3) is 0 Å². The minimum Gasteiger partial charge on any atom is -0.391 e. The lowest BCUT2D eigenvalue weighted by Crippen LogP contribution is -2.67. The van der Waals surface area contributed by atoms with Crippen molar-refractivity contribution < 1.29 is 29.1 Å². The molecule has 0 aliphatic heterocycles. The van der Waals surface area contributed by atoms with Gasteiger partial charge in [-0.25, -0.2) is 4.99 Å². The van der Waals surface area contributed by atoms with Gasteiger partial charge in [-0.15, -0.1) is 0 Å². The zero-order valence-corrected chi connectivity index (χ0v) is 23.7. The summed E-state index contributed by atoms with van der Waals surface area (Å²) in [5.41, 5.74) is 10.2. The van der Waals surface area contributed by atoms with E-state index in [4.69, 9.17) is 11.5 Å². The van der Waals surface area contributed by atoms with Crippen LogP contribution in [0.5, 0.6) is 0 Å². The van der Waals surface area contributed by atoms with E-state index in [9.17, 15) is 29.1 Å². The summed E-state index contributed by atoms with van der Waals surface area (Å²) in [6, 6.07) is -0.675. The molecule has 0 radical (unpaired) electrons. The maximum absolute atomic E-state index is 14.2. The average molecular weight is 558 g/mol. The van der Waals surface area contributed by atoms with Gasteiger partial charge in [0.05, 0.1) is 17.4 Å². The molecule has 6 N–H and O–H groups in total. The number of Topliss-reactive ketones (excluding diaryl/α,β-unsaturated/α-hetero) is 4. The summed E-state index contributed by atoms with van der Waals surface area (Å²) in [6.07, 6.45) is 5.33. The Hall–Kier alpha value is -2.66. The molecule has 40 heavy (non-hydrogen) atoms. The monoisotopic (exact) mass is 557 g/mol. The van der Waals surface area contributed by atoms with Crippen LogP contribution in [0.3, 0.4) is 0 Å². The van der Waals surface area contributed by atoms with E-state index in [1.165, 1.54) is 6.42 Å². The zero-order valence-electron chi connectivity index (χ0n) is 23.7. The second kappa shape index (κ2) is 10.6. The number of hydrogen-bond acceptors (Lipinski definition) is 8. The number of primary amides is 1. The molecule has 5 rings (SSSR count). The van der Waals surface area contributed by atoms with E-state index in [-0.39, 0.29) is 47.9 Å². The molecule has 0 spiro atoms. The quantitative estimate of drug-likeness (QED) is 0.209. The Bertz CT molecular complexity index is 1130. The van der Waals surface area contributed by atoms with E-state index in [2.05, 4.69) is 10.3 Å². The Morgan fingerprint density at radius 3 is 2.33 bits per heavy atom. The van der Waals surface area contributed by atoms with Crippen LogP contribution in [0.1, 0.15) is 64.7 Å². The number of nitrogens with one attached hydrogen (secondary N) is 1. The van der Waals surface area contributed by atoms with Crippen LogP contribution in [0, 0.1) is 40.9 Å². The Kier molecular flexibility index (Phi) is 7.67. The molecule has 0 heterocycles. The van der Waals surface area contributed by atoms with E-state index in [1.807, 2.05) is 19.0 Å². The van der Waals surface area contributed by atoms with Crippen molar-refractivity contribution in [3.63, 3.8) is 0 Å². The fourth-order valence-corrected chi connectivity index (χ4v) is 8.74. The largest absolute Gasteiger partial charge is 0.391 e. The fraction of sp³-hybridized carbons (Fsp3) is 0.793. The molecule has 0 aromatic rings. The van der Waals surface area contributed by atoms with Crippen LogP contribution in [0.15, 0.2) is 4.99 Å². The van der Waals surface area contributed by atoms with E-state index >= 15 is 0 Å². The van der Waals surface area contributed by atoms with Gasteiger partial charge in [-0.2, -0.15) is 0 Å². The Morgan fingerprint density at radius 1 is 1.02 bits per heavy atom. The highest BCUT2D eigenvalue weighted by molar-refractivity contribution is 6.21. The van der Waals surface area contributed by atoms with Gasteiger partial charge in [0.15, 0.2) is 29.2 Å². The van der Waals surface area contributed by atoms with Crippen LogP contribution in [-0.2, 0) is 24.0 Å². The number of rotatable bonds is 4. The van der Waals surface area contributed by atoms with Crippen molar-refractivity contribution in [2.45, 2.75) is 88.9 Å². The SMILES string of the molecule is CN(C)C1CC(N=C(N)NC2CCCCC2)C(=O)C2C(=O)C3C(O)[C@]4(C)C(=O)C(C(N)=O)C(=O)C[C@@H]4C[C@@H]3CC21. The molecule has 5 saturated carbocycles. The van der Waals surface area contributed by atoms with Crippen molar-refractivity contribution >= 4 is 35.0 Å². The van der Waals surface area contributed by atoms with Gasteiger partial charge in [0.1, 0.15) is 11.8 Å². The first kappa shape index (κ1) is 28.9. The first-order valence-corrected chi connectivity index (χ1v) is 14.7. The van der Waals surface area contributed by atoms with Crippen LogP contribution < -0.4 is 16.8 Å². The number of nitrogens with two attached hydrogens (primary N) is 2. The number of hydrogen-bond donors (Lipinski definition) is 4. The third kappa shape index (κ3) is 4.58. The number of aliphatic hydroxyl groups is 1. The number of carbonyl (C=O) groups is 5. The lowest BCUT2D eigenvalue weighted by Gasteiger charge is -2.57. The molecule has 5 aliphatic rings. The van der Waals surface area contributed by atoms with Crippen molar-refractivity contribution in [3.8, 4) is 0 Å². The van der Waals surface area contributed by atoms with Gasteiger partial charge >= 0.3 is 0 Å². The standard InChI is InChI=1S/C29H43N5O6/c1-29-14(11-19(35)22(26(29)39)27(30)40)9-13-10-16-18(34(2)3)12-17(23(36)21(16)24(37)20(13)25(29)38)33-28(31)32-15-7-5-4-6-8-15/h13-18,20-22,25,38H,4-12H2,1-3H3,(H2,30,40)(H3,31,32,33)/t13-,14+,16?,17?,18?,20?,21?,22?,25?,29-/m1/s1. The van der Waals surface area contributed by atoms with Crippen molar-refractivity contribution in [2.75, 3.05) is 14.1 Å². The van der Waals surface area contributed by atoms with Gasteiger partial charge < -0.3 is 26.8 Å². The molecular formula is C29H43N5O6. The molecule has 5 fully saturated rings. The average Bonchev–Trinajstić information content (AvgIpc) is 2.88. The minimum absolute atomic E-state index is 0.0431. The van der Waals surface area contributed by atoms with Crippen LogP contribution in [0.2, 0.25) is 0 Å². The number of guanidine groups is 1. The topological polar surface area (TPSA) is 185 Å². The third-order valence-corrected chi connectivity index (χ3v) is 10.9. The molecular weight excluding hydrogens is 514 g/mol. The number of carbonyl (C=O) groups excluding carboxylic acids is 5. The first-order chi connectivity index (χ1) is 18.9. The summed E-state index contributed by atoms with van der Waals surface area (Å²) >= 11 is 0. The summed E-state index contributed by atoms with van der Waals surface area (Å²) in [5, 5.41) is 14.9. The maximum atomic E-state index is 14.2. The Labute approximate surface area is 234 Å². The van der Waals surface area contributed by atoms with E-state index in [0.717, 1.165) is 25.7 Å². The molecule has 11 nitrogen and oxygen atoms in total. The van der Waals surface area contributed by atoms with Crippen molar-refractivity contribution in [1.82, 2.24) is 10.2 Å². The number of aliphatic imine (C=N–C) groups is 1. The number of ketones is 4. The summed E-state index contributed by atoms with van der Waals surface area (Å²) in [4.78, 5) is 72.8. The molecule has 7 unspecified atom stereocenters. The normalized spacial score (nSPS) is 42.7. The Morgan fingerprint density at radius 2 is 1.70 bits per heavy atom. The van der Waals surface area contributed by atoms with Crippen molar-refractivity contribution in [2.24, 2.45) is 57.4 Å². The first-order valence-electron chi connectivity index (χ1n) is 14.7. The highest BCUT2D eigenvalue weighted by Gasteiger charge is 2.66. The predicted molar refractivity (Wildman–Crippen MR) is 146 cm³/mol. The minimum atomic E-state index is -1.62. The molecule has 0 saturated heterocycles. The molecule has 0 aromatic heterocycles. The molecule has 11 heteroatoms. The van der Waals surface area contributed by atoms with E-state index in [1.54, 1.807) is 6.92 Å². The van der Waals surface area contributed by atoms with Crippen LogP contribution >= 0.6 is 0 Å². The Balaban J connectivity index is 1.43. The number of fused-ring (bicyclic) bond motifs is 3. The van der Waals surface area contributed by atoms with Gasteiger partial charge in [-0.1, -0.05) is 19.3 Å². The van der Waals surface area contributed by atoms with E-state index < -0.39 is 58.7 Å². The number of amides is 1. The van der Waals surface area contributed by atoms with Gasteiger partial charge in [0, 0.05) is 24.4 Å². The lowest BCUT2D eigenvalue weighted by molar-refractivity contribution is -0.181. The van der Waals surface area contributed by atoms with Gasteiger partial charge in [0.2, 0.25) is 5.91 Å². The van der Waals surface area contributed by atoms with Crippen LogP contribution in [-0.4, -0.2) is 83.3 Å². The smallest absolute Gasteiger partial charge is 0.235 e. The molecule has 0 aromatic carbocycles. The van der Waals surface area contributed by atoms with Crippen LogP contribution in [0.4, 0.5) is 0 Å². The zero-order chi connectivity index (χ0) is 29.1. The fourth-order valence-electron chi connectivity index (χ4n) is 8.74. The number of nitrogens with zero attached hydrogens (tertiary/aromatic N) is 2. The highest BCUT2D eigenvalue weighted by atomic mass is 16.3. The lowest BCUT2D eigenvalue weighted by atomic mass is 9.46. The summed E-state index contributed by atoms with van der Waals surface area (Å²) < 4.78 is 0. The van der Waals surface area contributed by atoms with Crippen molar-refractivity contribution in [3.05, 3.63) is 0 Å². The molecule has 1 amide bonds. The maximum Gasteiger partial charge on any atom is 0.235 e. The molecule has 0 bridgehead atoms. The van der Waals surface area contributed by atoms with Gasteiger partial charge in [-0.05, 0) is 70.9 Å². The summed E-state index contributed by atoms with van der Waals surface area (Å²) in [7, 11) is 3.85. The highest BCUT2D eigenvalue weighted by Crippen LogP contribution is 2.57. The van der Waals surface area contributed by atoms with Crippen molar-refractivity contribution in [1.29, 1.82) is 0 Å². The van der Waals surface area contributed by atoms with E-state index in [0.29, 0.717) is 19.3 Å². The second-order valence-corrected chi connectivity index (χ2v) is 13.3. The summed E-state index contributed by atoms with van der Waals surface area (Å²) in [6.45, 7) is 1.54. The third-order valence-electron chi connectivity index (χ3n) is 10.9. The number of aliphatic hydroxyl groups excluding tert-OH is 1. The molecule has 220 valence electrons.